The van der Waals surface area contributed by atoms with E-state index in [-0.39, 0.29) is 46.4 Å². The Morgan fingerprint density at radius 3 is 2.75 bits per heavy atom. The van der Waals surface area contributed by atoms with Crippen molar-refractivity contribution in [3.8, 4) is 5.88 Å². The zero-order valence-corrected chi connectivity index (χ0v) is 17.5. The van der Waals surface area contributed by atoms with Crippen LogP contribution in [0.2, 0.25) is 0 Å². The molecule has 2 aromatic heterocycles. The highest BCUT2D eigenvalue weighted by Gasteiger charge is 2.25. The lowest BCUT2D eigenvalue weighted by molar-refractivity contribution is 0.0751. The molecule has 10 nitrogen and oxygen atoms in total. The average molecular weight is 447 g/mol. The van der Waals surface area contributed by atoms with Crippen LogP contribution in [0.1, 0.15) is 16.8 Å². The number of amides is 1. The van der Waals surface area contributed by atoms with Gasteiger partial charge in [0, 0.05) is 31.4 Å². The molecule has 1 saturated heterocycles. The number of carbonyl (C=O) groups is 1. The van der Waals surface area contributed by atoms with Gasteiger partial charge in [0.25, 0.3) is 5.91 Å². The molecule has 1 amide bonds. The Balaban J connectivity index is 1.73. The Labute approximate surface area is 181 Å². The molecule has 1 fully saturated rings. The summed E-state index contributed by atoms with van der Waals surface area (Å²) in [6.07, 6.45) is 0.561. The van der Waals surface area contributed by atoms with Gasteiger partial charge < -0.3 is 31.6 Å². The number of hydrogen-bond acceptors (Lipinski definition) is 8. The van der Waals surface area contributed by atoms with Gasteiger partial charge in [0.1, 0.15) is 11.3 Å². The summed E-state index contributed by atoms with van der Waals surface area (Å²) in [5, 5.41) is 10.3. The van der Waals surface area contributed by atoms with Crippen molar-refractivity contribution in [1.29, 1.82) is 0 Å². The molecule has 170 valence electrons. The number of rotatable bonds is 6. The minimum Gasteiger partial charge on any atom is -0.479 e. The van der Waals surface area contributed by atoms with Crippen LogP contribution >= 0.6 is 0 Å². The number of halogens is 2. The Bertz CT molecular complexity index is 1180. The predicted octanol–water partition coefficient (Wildman–Crippen LogP) is 1.63. The molecule has 0 spiro atoms. The van der Waals surface area contributed by atoms with Gasteiger partial charge in [-0.15, -0.1) is 5.10 Å². The monoisotopic (exact) mass is 447 g/mol. The van der Waals surface area contributed by atoms with Gasteiger partial charge in [0.05, 0.1) is 24.7 Å². The number of nitrogens with one attached hydrogen (secondary N) is 2. The Kier molecular flexibility index (Phi) is 5.80. The maximum absolute atomic E-state index is 14.7. The maximum atomic E-state index is 14.7. The minimum absolute atomic E-state index is 0.0383. The molecule has 3 heterocycles. The van der Waals surface area contributed by atoms with Crippen LogP contribution in [0.3, 0.4) is 0 Å². The zero-order chi connectivity index (χ0) is 23.0. The van der Waals surface area contributed by atoms with Crippen LogP contribution in [-0.2, 0) is 11.8 Å². The number of pyridine rings is 1. The highest BCUT2D eigenvalue weighted by Crippen LogP contribution is 2.32. The lowest BCUT2D eigenvalue weighted by atomic mass is 10.0. The summed E-state index contributed by atoms with van der Waals surface area (Å²) in [5.74, 6) is -2.16. The van der Waals surface area contributed by atoms with Gasteiger partial charge in [-0.3, -0.25) is 9.48 Å². The summed E-state index contributed by atoms with van der Waals surface area (Å²) in [6, 6.07) is 3.14. The Morgan fingerprint density at radius 2 is 2.06 bits per heavy atom. The minimum atomic E-state index is -0.895. The van der Waals surface area contributed by atoms with E-state index in [1.54, 1.807) is 13.1 Å². The largest absolute Gasteiger partial charge is 0.479 e. The fourth-order valence-corrected chi connectivity index (χ4v) is 3.68. The van der Waals surface area contributed by atoms with Gasteiger partial charge in [-0.2, -0.15) is 0 Å². The number of aromatic nitrogens is 3. The number of hydrogen-bond donors (Lipinski definition) is 4. The lowest BCUT2D eigenvalue weighted by Gasteiger charge is -2.30. The summed E-state index contributed by atoms with van der Waals surface area (Å²) in [7, 11) is 3.01. The van der Waals surface area contributed by atoms with Crippen molar-refractivity contribution in [2.45, 2.75) is 18.5 Å². The van der Waals surface area contributed by atoms with Gasteiger partial charge in [-0.1, -0.05) is 0 Å². The number of aryl methyl sites for hydroxylation is 1. The van der Waals surface area contributed by atoms with Crippen LogP contribution < -0.4 is 26.8 Å². The number of primary amides is 1. The second-order valence-electron chi connectivity index (χ2n) is 7.47. The molecule has 0 aliphatic carbocycles. The molecule has 6 N–H and O–H groups in total. The molecule has 12 heteroatoms. The molecule has 0 saturated carbocycles. The molecule has 0 radical (unpaired) electrons. The number of ether oxygens (including phenoxy) is 2. The maximum Gasteiger partial charge on any atom is 0.252 e. The topological polar surface area (TPSA) is 142 Å². The fraction of sp³-hybridized carbons (Fsp3) is 0.350. The van der Waals surface area contributed by atoms with Gasteiger partial charge in [0.2, 0.25) is 5.88 Å². The molecule has 1 aliphatic rings. The molecular weight excluding hydrogens is 424 g/mol. The van der Waals surface area contributed by atoms with E-state index >= 15 is 0 Å². The highest BCUT2D eigenvalue weighted by molar-refractivity contribution is 5.99. The van der Waals surface area contributed by atoms with Crippen LogP contribution in [0.4, 0.5) is 26.1 Å². The van der Waals surface area contributed by atoms with Crippen molar-refractivity contribution in [1.82, 2.24) is 14.8 Å². The molecule has 1 aromatic carbocycles. The van der Waals surface area contributed by atoms with Crippen LogP contribution in [0, 0.1) is 11.6 Å². The lowest BCUT2D eigenvalue weighted by Crippen LogP contribution is -2.47. The first-order valence-electron chi connectivity index (χ1n) is 9.86. The quantitative estimate of drug-likeness (QED) is 0.447. The summed E-state index contributed by atoms with van der Waals surface area (Å²) in [6.45, 7) is 0.805. The number of methoxy groups -OCH3 is 1. The van der Waals surface area contributed by atoms with Crippen molar-refractivity contribution in [2.24, 2.45) is 18.5 Å². The number of nitrogens with zero attached hydrogens (tertiary/aromatic N) is 3. The van der Waals surface area contributed by atoms with Gasteiger partial charge in [-0.25, -0.2) is 13.8 Å². The van der Waals surface area contributed by atoms with Crippen molar-refractivity contribution in [2.75, 3.05) is 31.0 Å². The van der Waals surface area contributed by atoms with E-state index in [1.807, 2.05) is 0 Å². The number of fused-ring (bicyclic) bond motifs is 1. The normalized spacial score (nSPS) is 18.5. The molecule has 32 heavy (non-hydrogen) atoms. The SMILES string of the molecule is COc1nn(C)c2c(F)cc(Nc3nc(N[C@@H]4CCOC[C@@H]4N)c(F)cc3C(N)=O)cc12. The number of benzene rings is 1. The second-order valence-corrected chi connectivity index (χ2v) is 7.47. The van der Waals surface area contributed by atoms with Crippen molar-refractivity contribution in [3.05, 3.63) is 35.4 Å². The van der Waals surface area contributed by atoms with Gasteiger partial charge in [-0.05, 0) is 24.6 Å². The third-order valence-corrected chi connectivity index (χ3v) is 5.28. The predicted molar refractivity (Wildman–Crippen MR) is 114 cm³/mol. The molecule has 2 atom stereocenters. The van der Waals surface area contributed by atoms with Crippen molar-refractivity contribution in [3.63, 3.8) is 0 Å². The molecule has 4 rings (SSSR count). The van der Waals surface area contributed by atoms with E-state index in [9.17, 15) is 13.6 Å². The van der Waals surface area contributed by atoms with Crippen molar-refractivity contribution < 1.29 is 23.0 Å². The standard InChI is InChI=1S/C20H23F2N7O3/c1-29-16-10(20(28-29)31-2)5-9(6-12(16)21)25-18-11(17(24)30)7-13(22)19(27-18)26-15-3-4-32-8-14(15)23/h5-7,14-15H,3-4,8,23H2,1-2H3,(H2,24,30)(H2,25,26,27)/t14-,15+/m0/s1. The van der Waals surface area contributed by atoms with Gasteiger partial charge >= 0.3 is 0 Å². The first-order valence-corrected chi connectivity index (χ1v) is 9.86. The summed E-state index contributed by atoms with van der Waals surface area (Å²) >= 11 is 0. The van der Waals surface area contributed by atoms with E-state index in [2.05, 4.69) is 20.7 Å². The molecule has 3 aromatic rings. The first-order chi connectivity index (χ1) is 15.3. The number of carbonyl (C=O) groups excluding carboxylic acids is 1. The summed E-state index contributed by atoms with van der Waals surface area (Å²) in [4.78, 5) is 16.1. The van der Waals surface area contributed by atoms with E-state index in [1.165, 1.54) is 17.9 Å². The second kappa shape index (κ2) is 8.55. The zero-order valence-electron chi connectivity index (χ0n) is 17.5. The fourth-order valence-electron chi connectivity index (χ4n) is 3.68. The van der Waals surface area contributed by atoms with E-state index in [0.717, 1.165) is 6.07 Å². The van der Waals surface area contributed by atoms with Crippen LogP contribution in [-0.4, -0.2) is 53.1 Å². The molecule has 0 bridgehead atoms. The van der Waals surface area contributed by atoms with E-state index < -0.39 is 17.5 Å². The Hall–Kier alpha value is -3.51. The summed E-state index contributed by atoms with van der Waals surface area (Å²) in [5.41, 5.74) is 11.7. The number of nitrogens with two attached hydrogens (primary N) is 2. The third-order valence-electron chi connectivity index (χ3n) is 5.28. The third kappa shape index (κ3) is 4.01. The smallest absolute Gasteiger partial charge is 0.252 e. The van der Waals surface area contributed by atoms with Gasteiger partial charge in [0.15, 0.2) is 17.5 Å². The Morgan fingerprint density at radius 1 is 1.28 bits per heavy atom. The first kappa shape index (κ1) is 21.7. The van der Waals surface area contributed by atoms with Crippen LogP contribution in [0.15, 0.2) is 18.2 Å². The average Bonchev–Trinajstić information content (AvgIpc) is 3.07. The molecule has 1 aliphatic heterocycles. The van der Waals surface area contributed by atoms with E-state index in [4.69, 9.17) is 20.9 Å². The number of anilines is 3. The molecule has 0 unspecified atom stereocenters. The van der Waals surface area contributed by atoms with Crippen LogP contribution in [0.25, 0.3) is 10.9 Å². The van der Waals surface area contributed by atoms with E-state index in [0.29, 0.717) is 25.0 Å². The highest BCUT2D eigenvalue weighted by atomic mass is 19.1. The van der Waals surface area contributed by atoms with Crippen LogP contribution in [0.5, 0.6) is 5.88 Å². The van der Waals surface area contributed by atoms with Crippen molar-refractivity contribution >= 4 is 34.1 Å². The summed E-state index contributed by atoms with van der Waals surface area (Å²) < 4.78 is 41.3. The molecular formula is C20H23F2N7O3.